The molecule has 1 aromatic heterocycles. The van der Waals surface area contributed by atoms with E-state index in [1.807, 2.05) is 5.38 Å². The number of rotatable bonds is 4. The summed E-state index contributed by atoms with van der Waals surface area (Å²) in [7, 11) is 0. The molecule has 2 heterocycles. The fourth-order valence-electron chi connectivity index (χ4n) is 2.40. The number of amides is 2. The number of carboxylic acid groups (broad SMARTS) is 1. The lowest BCUT2D eigenvalue weighted by Crippen LogP contribution is -2.46. The molecule has 0 saturated carbocycles. The SMILES string of the molecule is O=C(O)[C@H](Cc1cccs1)N1C(=O)c2ccccc2C1=O. The van der Waals surface area contributed by atoms with Crippen molar-refractivity contribution in [1.29, 1.82) is 0 Å². The molecule has 6 heteroatoms. The summed E-state index contributed by atoms with van der Waals surface area (Å²) in [5.41, 5.74) is 0.528. The molecule has 0 bridgehead atoms. The average molecular weight is 301 g/mol. The number of aliphatic carboxylic acids is 1. The maximum absolute atomic E-state index is 12.3. The average Bonchev–Trinajstić information content (AvgIpc) is 3.06. The normalized spacial score (nSPS) is 15.1. The van der Waals surface area contributed by atoms with E-state index in [2.05, 4.69) is 0 Å². The summed E-state index contributed by atoms with van der Waals surface area (Å²) in [6.45, 7) is 0. The van der Waals surface area contributed by atoms with E-state index in [4.69, 9.17) is 0 Å². The van der Waals surface area contributed by atoms with E-state index in [-0.39, 0.29) is 17.5 Å². The van der Waals surface area contributed by atoms with Gasteiger partial charge in [0.15, 0.2) is 0 Å². The largest absolute Gasteiger partial charge is 0.480 e. The third kappa shape index (κ3) is 2.23. The third-order valence-corrected chi connectivity index (χ3v) is 4.30. The fraction of sp³-hybridized carbons (Fsp3) is 0.133. The van der Waals surface area contributed by atoms with E-state index >= 15 is 0 Å². The van der Waals surface area contributed by atoms with E-state index in [0.717, 1.165) is 9.78 Å². The van der Waals surface area contributed by atoms with Gasteiger partial charge in [-0.1, -0.05) is 18.2 Å². The second-order valence-corrected chi connectivity index (χ2v) is 5.70. The van der Waals surface area contributed by atoms with Gasteiger partial charge in [-0.15, -0.1) is 11.3 Å². The van der Waals surface area contributed by atoms with Crippen molar-refractivity contribution in [2.45, 2.75) is 12.5 Å². The number of benzene rings is 1. The van der Waals surface area contributed by atoms with Crippen molar-refractivity contribution < 1.29 is 19.5 Å². The third-order valence-electron chi connectivity index (χ3n) is 3.40. The van der Waals surface area contributed by atoms with Crippen LogP contribution in [0.1, 0.15) is 25.6 Å². The quantitative estimate of drug-likeness (QED) is 0.877. The first-order chi connectivity index (χ1) is 10.1. The van der Waals surface area contributed by atoms with Gasteiger partial charge in [0.2, 0.25) is 0 Å². The minimum absolute atomic E-state index is 0.123. The molecule has 0 saturated heterocycles. The zero-order chi connectivity index (χ0) is 15.0. The molecule has 0 spiro atoms. The van der Waals surface area contributed by atoms with Crippen molar-refractivity contribution in [2.75, 3.05) is 0 Å². The zero-order valence-corrected chi connectivity index (χ0v) is 11.7. The highest BCUT2D eigenvalue weighted by atomic mass is 32.1. The Bertz CT molecular complexity index is 688. The highest BCUT2D eigenvalue weighted by molar-refractivity contribution is 7.09. The van der Waals surface area contributed by atoms with Gasteiger partial charge in [0, 0.05) is 11.3 Å². The van der Waals surface area contributed by atoms with Gasteiger partial charge in [-0.3, -0.25) is 14.5 Å². The molecule has 0 radical (unpaired) electrons. The van der Waals surface area contributed by atoms with E-state index in [9.17, 15) is 19.5 Å². The molecule has 1 aliphatic rings. The number of nitrogens with zero attached hydrogens (tertiary/aromatic N) is 1. The summed E-state index contributed by atoms with van der Waals surface area (Å²) >= 11 is 1.40. The number of hydrogen-bond donors (Lipinski definition) is 1. The number of hydrogen-bond acceptors (Lipinski definition) is 4. The number of fused-ring (bicyclic) bond motifs is 1. The maximum Gasteiger partial charge on any atom is 0.327 e. The van der Waals surface area contributed by atoms with Crippen molar-refractivity contribution in [2.24, 2.45) is 0 Å². The van der Waals surface area contributed by atoms with Crippen LogP contribution >= 0.6 is 11.3 Å². The molecule has 3 rings (SSSR count). The van der Waals surface area contributed by atoms with E-state index < -0.39 is 23.8 Å². The van der Waals surface area contributed by atoms with E-state index in [0.29, 0.717) is 0 Å². The molecule has 1 aromatic carbocycles. The van der Waals surface area contributed by atoms with Crippen LogP contribution in [0, 0.1) is 0 Å². The number of thiophene rings is 1. The molecule has 2 aromatic rings. The number of carbonyl (C=O) groups excluding carboxylic acids is 2. The van der Waals surface area contributed by atoms with E-state index in [1.165, 1.54) is 11.3 Å². The van der Waals surface area contributed by atoms with Crippen molar-refractivity contribution in [3.05, 3.63) is 57.8 Å². The van der Waals surface area contributed by atoms with Crippen LogP contribution in [0.5, 0.6) is 0 Å². The fourth-order valence-corrected chi connectivity index (χ4v) is 3.14. The molecular weight excluding hydrogens is 290 g/mol. The van der Waals surface area contributed by atoms with Gasteiger partial charge >= 0.3 is 5.97 Å². The van der Waals surface area contributed by atoms with Crippen LogP contribution in [0.3, 0.4) is 0 Å². The Morgan fingerprint density at radius 3 is 2.19 bits per heavy atom. The van der Waals surface area contributed by atoms with Crippen LogP contribution in [0.25, 0.3) is 0 Å². The molecule has 5 nitrogen and oxygen atoms in total. The molecule has 1 N–H and O–H groups in total. The van der Waals surface area contributed by atoms with Crippen LogP contribution in [0.4, 0.5) is 0 Å². The minimum atomic E-state index is -1.18. The van der Waals surface area contributed by atoms with Gasteiger partial charge in [0.1, 0.15) is 6.04 Å². The first-order valence-electron chi connectivity index (χ1n) is 6.31. The van der Waals surface area contributed by atoms with E-state index in [1.54, 1.807) is 36.4 Å². The Morgan fingerprint density at radius 2 is 1.71 bits per heavy atom. The van der Waals surface area contributed by atoms with Crippen molar-refractivity contribution >= 4 is 29.1 Å². The lowest BCUT2D eigenvalue weighted by atomic mass is 10.1. The van der Waals surface area contributed by atoms with Crippen molar-refractivity contribution in [1.82, 2.24) is 4.90 Å². The topological polar surface area (TPSA) is 74.7 Å². The summed E-state index contributed by atoms with van der Waals surface area (Å²) in [6, 6.07) is 8.81. The van der Waals surface area contributed by atoms with Crippen molar-refractivity contribution in [3.63, 3.8) is 0 Å². The zero-order valence-electron chi connectivity index (χ0n) is 10.9. The summed E-state index contributed by atoms with van der Waals surface area (Å²) in [6.07, 6.45) is 0.123. The molecule has 1 atom stereocenters. The summed E-state index contributed by atoms with van der Waals surface area (Å²) in [5, 5.41) is 11.2. The highest BCUT2D eigenvalue weighted by Gasteiger charge is 2.42. The molecule has 1 aliphatic heterocycles. The molecule has 0 fully saturated rings. The Hall–Kier alpha value is -2.47. The Morgan fingerprint density at radius 1 is 1.10 bits per heavy atom. The van der Waals surface area contributed by atoms with Crippen molar-refractivity contribution in [3.8, 4) is 0 Å². The number of carboxylic acids is 1. The second kappa shape index (κ2) is 5.14. The summed E-state index contributed by atoms with van der Waals surface area (Å²) < 4.78 is 0. The summed E-state index contributed by atoms with van der Waals surface area (Å²) in [5.74, 6) is -2.27. The van der Waals surface area contributed by atoms with Crippen LogP contribution in [0.15, 0.2) is 41.8 Å². The first-order valence-corrected chi connectivity index (χ1v) is 7.19. The highest BCUT2D eigenvalue weighted by Crippen LogP contribution is 2.26. The lowest BCUT2D eigenvalue weighted by Gasteiger charge is -2.21. The van der Waals surface area contributed by atoms with Crippen LogP contribution in [-0.2, 0) is 11.2 Å². The first kappa shape index (κ1) is 13.5. The van der Waals surface area contributed by atoms with Crippen LogP contribution < -0.4 is 0 Å². The molecule has 21 heavy (non-hydrogen) atoms. The molecule has 106 valence electrons. The predicted molar refractivity (Wildman–Crippen MR) is 76.4 cm³/mol. The predicted octanol–water partition coefficient (Wildman–Crippen LogP) is 2.04. The van der Waals surface area contributed by atoms with Crippen LogP contribution in [-0.4, -0.2) is 33.8 Å². The Kier molecular flexibility index (Phi) is 3.31. The van der Waals surface area contributed by atoms with Gasteiger partial charge in [-0.25, -0.2) is 4.79 Å². The Labute approximate surface area is 124 Å². The molecule has 2 amide bonds. The van der Waals surface area contributed by atoms with Crippen LogP contribution in [0.2, 0.25) is 0 Å². The lowest BCUT2D eigenvalue weighted by molar-refractivity contribution is -0.141. The monoisotopic (exact) mass is 301 g/mol. The standard InChI is InChI=1S/C15H11NO4S/c17-13-10-5-1-2-6-11(10)14(18)16(13)12(15(19)20)8-9-4-3-7-21-9/h1-7,12H,8H2,(H,19,20)/t12-/m0/s1. The number of carbonyl (C=O) groups is 3. The second-order valence-electron chi connectivity index (χ2n) is 4.66. The van der Waals surface area contributed by atoms with Gasteiger partial charge in [0.25, 0.3) is 11.8 Å². The molecular formula is C15H11NO4S. The number of imide groups is 1. The summed E-state index contributed by atoms with van der Waals surface area (Å²) in [4.78, 5) is 37.8. The molecule has 0 aliphatic carbocycles. The van der Waals surface area contributed by atoms with Gasteiger partial charge in [-0.05, 0) is 23.6 Å². The van der Waals surface area contributed by atoms with Gasteiger partial charge < -0.3 is 5.11 Å². The van der Waals surface area contributed by atoms with Gasteiger partial charge in [-0.2, -0.15) is 0 Å². The maximum atomic E-state index is 12.3. The Balaban J connectivity index is 1.96. The minimum Gasteiger partial charge on any atom is -0.480 e. The molecule has 0 unspecified atom stereocenters. The van der Waals surface area contributed by atoms with Gasteiger partial charge in [0.05, 0.1) is 11.1 Å². The smallest absolute Gasteiger partial charge is 0.327 e.